The molecule has 164 valence electrons. The molecule has 2 aliphatic carbocycles. The van der Waals surface area contributed by atoms with Crippen LogP contribution in [0, 0.1) is 0 Å². The van der Waals surface area contributed by atoms with Gasteiger partial charge in [-0.3, -0.25) is 4.79 Å². The van der Waals surface area contributed by atoms with Gasteiger partial charge >= 0.3 is 6.18 Å². The van der Waals surface area contributed by atoms with Gasteiger partial charge in [0.2, 0.25) is 5.91 Å². The van der Waals surface area contributed by atoms with Crippen molar-refractivity contribution >= 4 is 12.0 Å². The molecule has 0 N–H and O–H groups in total. The van der Waals surface area contributed by atoms with E-state index in [9.17, 15) is 18.0 Å². The van der Waals surface area contributed by atoms with Crippen molar-refractivity contribution in [1.29, 1.82) is 0 Å². The van der Waals surface area contributed by atoms with Crippen molar-refractivity contribution in [1.82, 2.24) is 4.90 Å². The van der Waals surface area contributed by atoms with Gasteiger partial charge in [0.15, 0.2) is 0 Å². The van der Waals surface area contributed by atoms with Crippen LogP contribution in [0.15, 0.2) is 65.8 Å². The van der Waals surface area contributed by atoms with E-state index in [2.05, 4.69) is 31.2 Å². The van der Waals surface area contributed by atoms with Gasteiger partial charge in [0.1, 0.15) is 6.61 Å². The monoisotopic (exact) mass is 429 g/mol. The molecule has 1 aromatic rings. The van der Waals surface area contributed by atoms with E-state index in [4.69, 9.17) is 4.74 Å². The summed E-state index contributed by atoms with van der Waals surface area (Å²) in [6, 6.07) is 8.44. The second-order valence-corrected chi connectivity index (χ2v) is 8.21. The molecule has 0 saturated carbocycles. The van der Waals surface area contributed by atoms with E-state index in [0.29, 0.717) is 13.1 Å². The van der Waals surface area contributed by atoms with Crippen molar-refractivity contribution in [3.05, 3.63) is 76.9 Å². The molecule has 1 heterocycles. The van der Waals surface area contributed by atoms with Crippen molar-refractivity contribution in [3.8, 4) is 0 Å². The standard InChI is InChI=1S/C25H26F3NO2/c1-2-19-15-18-7-3-6-10-22(18)24(19)11-13-29(14-12-24)23(30)17-31-21-9-5-4-8-20(16-21)25(26,27)28/h3-10,15-16,21H,2,11-14,17H2,1H3. The second-order valence-electron chi connectivity index (χ2n) is 8.21. The zero-order valence-electron chi connectivity index (χ0n) is 17.5. The zero-order chi connectivity index (χ0) is 22.1. The zero-order valence-corrected chi connectivity index (χ0v) is 17.5. The fourth-order valence-corrected chi connectivity index (χ4v) is 4.90. The molecule has 1 unspecified atom stereocenters. The van der Waals surface area contributed by atoms with Crippen molar-refractivity contribution in [2.75, 3.05) is 19.7 Å². The summed E-state index contributed by atoms with van der Waals surface area (Å²) < 4.78 is 44.6. The number of hydrogen-bond donors (Lipinski definition) is 0. The average molecular weight is 429 g/mol. The van der Waals surface area contributed by atoms with Crippen LogP contribution in [0.2, 0.25) is 0 Å². The highest BCUT2D eigenvalue weighted by molar-refractivity contribution is 5.78. The summed E-state index contributed by atoms with van der Waals surface area (Å²) in [5.74, 6) is -0.185. The highest BCUT2D eigenvalue weighted by atomic mass is 19.4. The van der Waals surface area contributed by atoms with Gasteiger partial charge < -0.3 is 9.64 Å². The molecular weight excluding hydrogens is 403 g/mol. The first-order chi connectivity index (χ1) is 14.8. The highest BCUT2D eigenvalue weighted by Gasteiger charge is 2.43. The van der Waals surface area contributed by atoms with E-state index in [1.807, 2.05) is 6.07 Å². The molecule has 1 aliphatic heterocycles. The van der Waals surface area contributed by atoms with Crippen LogP contribution in [0.3, 0.4) is 0 Å². The molecule has 6 heteroatoms. The van der Waals surface area contributed by atoms with Crippen molar-refractivity contribution < 1.29 is 22.7 Å². The molecule has 0 radical (unpaired) electrons. The van der Waals surface area contributed by atoms with Gasteiger partial charge in [-0.25, -0.2) is 0 Å². The van der Waals surface area contributed by atoms with Crippen LogP contribution in [0.5, 0.6) is 0 Å². The van der Waals surface area contributed by atoms with E-state index in [0.717, 1.165) is 31.4 Å². The molecule has 1 fully saturated rings. The number of carbonyl (C=O) groups is 1. The maximum absolute atomic E-state index is 13.0. The Bertz CT molecular complexity index is 963. The summed E-state index contributed by atoms with van der Waals surface area (Å²) in [6.07, 6.45) is 5.98. The summed E-state index contributed by atoms with van der Waals surface area (Å²) in [7, 11) is 0. The number of amides is 1. The van der Waals surface area contributed by atoms with E-state index in [1.54, 1.807) is 4.90 Å². The number of allylic oxidation sites excluding steroid dienone is 5. The van der Waals surface area contributed by atoms with Gasteiger partial charge in [0, 0.05) is 18.5 Å². The molecule has 3 nitrogen and oxygen atoms in total. The summed E-state index contributed by atoms with van der Waals surface area (Å²) in [6.45, 7) is 3.15. The van der Waals surface area contributed by atoms with Crippen LogP contribution in [0.4, 0.5) is 13.2 Å². The Labute approximate surface area is 180 Å². The minimum absolute atomic E-state index is 0.0109. The fraction of sp³-hybridized carbons (Fsp3) is 0.400. The van der Waals surface area contributed by atoms with Gasteiger partial charge in [-0.15, -0.1) is 0 Å². The van der Waals surface area contributed by atoms with Gasteiger partial charge in [-0.1, -0.05) is 67.1 Å². The Balaban J connectivity index is 1.38. The Morgan fingerprint density at radius 3 is 2.65 bits per heavy atom. The Kier molecular flexibility index (Phi) is 5.93. The number of carbonyl (C=O) groups excluding carboxylic acids is 1. The van der Waals surface area contributed by atoms with Crippen molar-refractivity contribution in [3.63, 3.8) is 0 Å². The summed E-state index contributed by atoms with van der Waals surface area (Å²) >= 11 is 0. The molecule has 4 rings (SSSR count). The van der Waals surface area contributed by atoms with Crippen LogP contribution >= 0.6 is 0 Å². The topological polar surface area (TPSA) is 29.5 Å². The van der Waals surface area contributed by atoms with E-state index >= 15 is 0 Å². The quantitative estimate of drug-likeness (QED) is 0.646. The Morgan fingerprint density at radius 2 is 1.94 bits per heavy atom. The molecule has 1 spiro atoms. The van der Waals surface area contributed by atoms with Gasteiger partial charge in [0.05, 0.1) is 11.7 Å². The predicted molar refractivity (Wildman–Crippen MR) is 114 cm³/mol. The van der Waals surface area contributed by atoms with Crippen LogP contribution < -0.4 is 0 Å². The van der Waals surface area contributed by atoms with Crippen LogP contribution in [0.25, 0.3) is 6.08 Å². The second kappa shape index (κ2) is 8.50. The maximum Gasteiger partial charge on any atom is 0.416 e. The Hall–Kier alpha value is -2.60. The minimum atomic E-state index is -4.45. The largest absolute Gasteiger partial charge is 0.416 e. The van der Waals surface area contributed by atoms with Gasteiger partial charge in [0.25, 0.3) is 0 Å². The molecule has 0 aromatic heterocycles. The van der Waals surface area contributed by atoms with Gasteiger partial charge in [-0.2, -0.15) is 13.2 Å². The van der Waals surface area contributed by atoms with E-state index < -0.39 is 17.9 Å². The molecule has 1 saturated heterocycles. The molecular formula is C25H26F3NO2. The van der Waals surface area contributed by atoms with Crippen molar-refractivity contribution in [2.24, 2.45) is 0 Å². The molecule has 1 aromatic carbocycles. The molecule has 31 heavy (non-hydrogen) atoms. The van der Waals surface area contributed by atoms with E-state index in [-0.39, 0.29) is 17.9 Å². The minimum Gasteiger partial charge on any atom is -0.360 e. The van der Waals surface area contributed by atoms with Crippen LogP contribution in [-0.4, -0.2) is 42.8 Å². The molecule has 3 aliphatic rings. The number of fused-ring (bicyclic) bond motifs is 2. The lowest BCUT2D eigenvalue weighted by Gasteiger charge is -2.42. The normalized spacial score (nSPS) is 22.2. The lowest BCUT2D eigenvalue weighted by Crippen LogP contribution is -2.46. The summed E-state index contributed by atoms with van der Waals surface area (Å²) in [5, 5.41) is 0. The van der Waals surface area contributed by atoms with E-state index in [1.165, 1.54) is 34.9 Å². The molecule has 1 amide bonds. The Morgan fingerprint density at radius 1 is 1.19 bits per heavy atom. The summed E-state index contributed by atoms with van der Waals surface area (Å²) in [5.41, 5.74) is 3.24. The number of alkyl halides is 3. The number of nitrogens with zero attached hydrogens (tertiary/aromatic N) is 1. The van der Waals surface area contributed by atoms with Crippen LogP contribution in [-0.2, 0) is 14.9 Å². The maximum atomic E-state index is 13.0. The predicted octanol–water partition coefficient (Wildman–Crippen LogP) is 5.35. The summed E-state index contributed by atoms with van der Waals surface area (Å²) in [4.78, 5) is 14.5. The van der Waals surface area contributed by atoms with Crippen molar-refractivity contribution in [2.45, 2.75) is 43.9 Å². The highest BCUT2D eigenvalue weighted by Crippen LogP contribution is 2.49. The lowest BCUT2D eigenvalue weighted by atomic mass is 9.69. The number of piperidine rings is 1. The smallest absolute Gasteiger partial charge is 0.360 e. The first-order valence-electron chi connectivity index (χ1n) is 10.7. The lowest BCUT2D eigenvalue weighted by molar-refractivity contribution is -0.138. The number of halogens is 3. The fourth-order valence-electron chi connectivity index (χ4n) is 4.90. The number of ether oxygens (including phenoxy) is 1. The van der Waals surface area contributed by atoms with Gasteiger partial charge in [-0.05, 0) is 36.5 Å². The molecule has 0 bridgehead atoms. The first-order valence-corrected chi connectivity index (χ1v) is 10.7. The number of benzene rings is 1. The SMILES string of the molecule is CCC1=Cc2ccccc2C12CCN(C(=O)COC1C=CC=CC(C(F)(F)F)=C1)CC2. The third-order valence-electron chi connectivity index (χ3n) is 6.53. The third-order valence-corrected chi connectivity index (χ3v) is 6.53. The number of likely N-dealkylation sites (tertiary alicyclic amines) is 1. The molecule has 1 atom stereocenters. The first kappa shape index (κ1) is 21.6. The number of hydrogen-bond acceptors (Lipinski definition) is 2. The van der Waals surface area contributed by atoms with Crippen LogP contribution in [0.1, 0.15) is 37.3 Å². The number of rotatable bonds is 4. The average Bonchev–Trinajstić information content (AvgIpc) is 2.90. The third kappa shape index (κ3) is 4.26.